The standard InChI is InChI=1S/C13H8N4O/c14-8-9-6-7-11(13-12(9)16-18-17-13)15-10-4-2-1-3-5-10/h1-7,15H. The molecular formula is C13H8N4O. The maximum Gasteiger partial charge on any atom is 0.159 e. The van der Waals surface area contributed by atoms with Crippen LogP contribution in [0.3, 0.4) is 0 Å². The number of rotatable bonds is 2. The van der Waals surface area contributed by atoms with Gasteiger partial charge >= 0.3 is 0 Å². The predicted molar refractivity (Wildman–Crippen MR) is 66.2 cm³/mol. The normalized spacial score (nSPS) is 10.2. The van der Waals surface area contributed by atoms with E-state index in [-0.39, 0.29) is 0 Å². The molecule has 3 rings (SSSR count). The first kappa shape index (κ1) is 10.3. The van der Waals surface area contributed by atoms with Crippen LogP contribution < -0.4 is 5.32 Å². The van der Waals surface area contributed by atoms with E-state index >= 15 is 0 Å². The Morgan fingerprint density at radius 3 is 2.56 bits per heavy atom. The van der Waals surface area contributed by atoms with Crippen LogP contribution in [0.1, 0.15) is 5.56 Å². The molecule has 86 valence electrons. The van der Waals surface area contributed by atoms with Crippen LogP contribution >= 0.6 is 0 Å². The molecule has 0 radical (unpaired) electrons. The Morgan fingerprint density at radius 1 is 1.00 bits per heavy atom. The molecule has 5 heteroatoms. The number of aromatic nitrogens is 2. The van der Waals surface area contributed by atoms with Gasteiger partial charge in [0.05, 0.1) is 11.3 Å². The number of hydrogen-bond acceptors (Lipinski definition) is 5. The van der Waals surface area contributed by atoms with Crippen molar-refractivity contribution in [1.29, 1.82) is 5.26 Å². The maximum atomic E-state index is 8.95. The highest BCUT2D eigenvalue weighted by Crippen LogP contribution is 2.26. The Kier molecular flexibility index (Phi) is 2.39. The van der Waals surface area contributed by atoms with Crippen LogP contribution in [-0.4, -0.2) is 10.3 Å². The van der Waals surface area contributed by atoms with Crippen molar-refractivity contribution in [1.82, 2.24) is 10.3 Å². The second-order valence-corrected chi connectivity index (χ2v) is 3.72. The van der Waals surface area contributed by atoms with E-state index in [1.165, 1.54) is 0 Å². The average molecular weight is 236 g/mol. The lowest BCUT2D eigenvalue weighted by atomic mass is 10.1. The van der Waals surface area contributed by atoms with Gasteiger partial charge in [-0.2, -0.15) is 5.26 Å². The fraction of sp³-hybridized carbons (Fsp3) is 0. The van der Waals surface area contributed by atoms with Crippen molar-refractivity contribution in [2.45, 2.75) is 0 Å². The van der Waals surface area contributed by atoms with Crippen molar-refractivity contribution < 1.29 is 4.63 Å². The third-order valence-electron chi connectivity index (χ3n) is 2.59. The Labute approximate surface area is 103 Å². The van der Waals surface area contributed by atoms with E-state index in [4.69, 9.17) is 9.89 Å². The molecule has 0 fully saturated rings. The second-order valence-electron chi connectivity index (χ2n) is 3.72. The quantitative estimate of drug-likeness (QED) is 0.740. The van der Waals surface area contributed by atoms with Crippen LogP contribution in [0, 0.1) is 11.3 Å². The summed E-state index contributed by atoms with van der Waals surface area (Å²) in [5, 5.41) is 19.7. The van der Waals surface area contributed by atoms with Crippen LogP contribution in [0.15, 0.2) is 47.1 Å². The summed E-state index contributed by atoms with van der Waals surface area (Å²) < 4.78 is 4.69. The number of benzene rings is 2. The molecule has 1 N–H and O–H groups in total. The van der Waals surface area contributed by atoms with E-state index in [2.05, 4.69) is 21.7 Å². The molecule has 0 aliphatic rings. The summed E-state index contributed by atoms with van der Waals surface area (Å²) in [6.07, 6.45) is 0. The Bertz CT molecular complexity index is 728. The monoisotopic (exact) mass is 236 g/mol. The molecule has 0 aliphatic carbocycles. The van der Waals surface area contributed by atoms with Gasteiger partial charge in [0, 0.05) is 5.69 Å². The number of nitrogens with one attached hydrogen (secondary N) is 1. The largest absolute Gasteiger partial charge is 0.354 e. The Balaban J connectivity index is 2.09. The molecule has 0 saturated carbocycles. The third-order valence-corrected chi connectivity index (χ3v) is 2.59. The van der Waals surface area contributed by atoms with Crippen molar-refractivity contribution in [2.75, 3.05) is 5.32 Å². The van der Waals surface area contributed by atoms with Gasteiger partial charge in [0.1, 0.15) is 6.07 Å². The highest BCUT2D eigenvalue weighted by atomic mass is 16.6. The Hall–Kier alpha value is -2.87. The Morgan fingerprint density at radius 2 is 1.78 bits per heavy atom. The van der Waals surface area contributed by atoms with Crippen LogP contribution in [0.5, 0.6) is 0 Å². The van der Waals surface area contributed by atoms with Gasteiger partial charge in [-0.05, 0) is 34.6 Å². The summed E-state index contributed by atoms with van der Waals surface area (Å²) in [5.74, 6) is 0. The first-order chi connectivity index (χ1) is 8.88. The molecule has 0 aliphatic heterocycles. The number of nitrogens with zero attached hydrogens (tertiary/aromatic N) is 3. The highest BCUT2D eigenvalue weighted by Gasteiger charge is 2.11. The van der Waals surface area contributed by atoms with Crippen LogP contribution in [-0.2, 0) is 0 Å². The van der Waals surface area contributed by atoms with E-state index in [9.17, 15) is 0 Å². The molecule has 2 aromatic carbocycles. The number of hydrogen-bond donors (Lipinski definition) is 1. The van der Waals surface area contributed by atoms with Gasteiger partial charge in [-0.25, -0.2) is 4.63 Å². The number of nitriles is 1. The third kappa shape index (κ3) is 1.66. The SMILES string of the molecule is N#Cc1ccc(Nc2ccccc2)c2nonc12. The molecule has 0 atom stereocenters. The fourth-order valence-electron chi connectivity index (χ4n) is 1.73. The summed E-state index contributed by atoms with van der Waals surface area (Å²) in [6.45, 7) is 0. The zero-order valence-electron chi connectivity index (χ0n) is 9.29. The van der Waals surface area contributed by atoms with Gasteiger partial charge in [0.2, 0.25) is 0 Å². The van der Waals surface area contributed by atoms with Gasteiger partial charge in [-0.1, -0.05) is 18.2 Å². The van der Waals surface area contributed by atoms with Gasteiger partial charge in [-0.3, -0.25) is 0 Å². The van der Waals surface area contributed by atoms with Crippen molar-refractivity contribution in [3.63, 3.8) is 0 Å². The number of fused-ring (bicyclic) bond motifs is 1. The molecule has 5 nitrogen and oxygen atoms in total. The lowest BCUT2D eigenvalue weighted by molar-refractivity contribution is 0.315. The highest BCUT2D eigenvalue weighted by molar-refractivity contribution is 5.92. The minimum atomic E-state index is 0.449. The first-order valence-corrected chi connectivity index (χ1v) is 5.36. The summed E-state index contributed by atoms with van der Waals surface area (Å²) in [7, 11) is 0. The van der Waals surface area contributed by atoms with Gasteiger partial charge < -0.3 is 5.32 Å². The second kappa shape index (κ2) is 4.18. The number of anilines is 2. The number of para-hydroxylation sites is 1. The molecule has 1 heterocycles. The summed E-state index contributed by atoms with van der Waals surface area (Å²) in [4.78, 5) is 0. The lowest BCUT2D eigenvalue weighted by Crippen LogP contribution is -1.92. The summed E-state index contributed by atoms with van der Waals surface area (Å²) in [6, 6.07) is 15.2. The van der Waals surface area contributed by atoms with Gasteiger partial charge in [-0.15, -0.1) is 0 Å². The van der Waals surface area contributed by atoms with E-state index in [1.807, 2.05) is 30.3 Å². The van der Waals surface area contributed by atoms with Gasteiger partial charge in [0.25, 0.3) is 0 Å². The average Bonchev–Trinajstić information content (AvgIpc) is 2.90. The van der Waals surface area contributed by atoms with Crippen LogP contribution in [0.25, 0.3) is 11.0 Å². The molecule has 3 aromatic rings. The van der Waals surface area contributed by atoms with Crippen molar-refractivity contribution in [2.24, 2.45) is 0 Å². The van der Waals surface area contributed by atoms with Crippen LogP contribution in [0.2, 0.25) is 0 Å². The zero-order chi connectivity index (χ0) is 12.4. The lowest BCUT2D eigenvalue weighted by Gasteiger charge is -2.05. The first-order valence-electron chi connectivity index (χ1n) is 5.36. The molecule has 0 bridgehead atoms. The molecular weight excluding hydrogens is 228 g/mol. The van der Waals surface area contributed by atoms with E-state index in [0.29, 0.717) is 16.6 Å². The molecule has 0 unspecified atom stereocenters. The molecule has 1 aromatic heterocycles. The predicted octanol–water partition coefficient (Wildman–Crippen LogP) is 2.84. The van der Waals surface area contributed by atoms with Crippen molar-refractivity contribution >= 4 is 22.4 Å². The van der Waals surface area contributed by atoms with Crippen LogP contribution in [0.4, 0.5) is 11.4 Å². The van der Waals surface area contributed by atoms with Gasteiger partial charge in [0.15, 0.2) is 11.0 Å². The molecule has 18 heavy (non-hydrogen) atoms. The minimum Gasteiger partial charge on any atom is -0.354 e. The summed E-state index contributed by atoms with van der Waals surface area (Å²) >= 11 is 0. The van der Waals surface area contributed by atoms with Crippen molar-refractivity contribution in [3.05, 3.63) is 48.0 Å². The van der Waals surface area contributed by atoms with E-state index < -0.39 is 0 Å². The topological polar surface area (TPSA) is 74.7 Å². The summed E-state index contributed by atoms with van der Waals surface area (Å²) in [5.41, 5.74) is 3.17. The van der Waals surface area contributed by atoms with E-state index in [0.717, 1.165) is 11.4 Å². The van der Waals surface area contributed by atoms with E-state index in [1.54, 1.807) is 12.1 Å². The smallest absolute Gasteiger partial charge is 0.159 e. The molecule has 0 saturated heterocycles. The minimum absolute atomic E-state index is 0.449. The fourth-order valence-corrected chi connectivity index (χ4v) is 1.73. The van der Waals surface area contributed by atoms with Crippen molar-refractivity contribution in [3.8, 4) is 6.07 Å². The molecule has 0 amide bonds. The zero-order valence-corrected chi connectivity index (χ0v) is 9.29. The molecule has 0 spiro atoms. The maximum absolute atomic E-state index is 8.95.